The van der Waals surface area contributed by atoms with Gasteiger partial charge in [0.2, 0.25) is 0 Å². The van der Waals surface area contributed by atoms with E-state index < -0.39 is 0 Å². The zero-order chi connectivity index (χ0) is 11.2. The molecule has 0 aromatic rings. The molecule has 2 atom stereocenters. The highest BCUT2D eigenvalue weighted by Gasteiger charge is 2.28. The van der Waals surface area contributed by atoms with Crippen molar-refractivity contribution in [2.24, 2.45) is 11.8 Å². The van der Waals surface area contributed by atoms with E-state index in [9.17, 15) is 0 Å². The third-order valence-corrected chi connectivity index (χ3v) is 4.25. The lowest BCUT2D eigenvalue weighted by atomic mass is 9.89. The van der Waals surface area contributed by atoms with Crippen molar-refractivity contribution in [3.05, 3.63) is 0 Å². The van der Waals surface area contributed by atoms with Gasteiger partial charge in [0, 0.05) is 12.6 Å². The Labute approximate surface area is 100 Å². The Hall–Kier alpha value is -0.0800. The molecule has 0 aromatic carbocycles. The molecule has 1 aliphatic heterocycles. The average Bonchev–Trinajstić information content (AvgIpc) is 2.96. The van der Waals surface area contributed by atoms with Crippen molar-refractivity contribution in [2.45, 2.75) is 57.9 Å². The number of nitrogens with one attached hydrogen (secondary N) is 1. The van der Waals surface area contributed by atoms with Crippen LogP contribution in [-0.4, -0.2) is 25.8 Å². The molecule has 1 N–H and O–H groups in total. The third-order valence-electron chi connectivity index (χ3n) is 4.25. The maximum Gasteiger partial charge on any atom is 0.0510 e. The summed E-state index contributed by atoms with van der Waals surface area (Å²) >= 11 is 0. The van der Waals surface area contributed by atoms with Gasteiger partial charge < -0.3 is 10.1 Å². The van der Waals surface area contributed by atoms with Gasteiger partial charge in [0.15, 0.2) is 0 Å². The van der Waals surface area contributed by atoms with Crippen molar-refractivity contribution < 1.29 is 4.74 Å². The lowest BCUT2D eigenvalue weighted by Crippen LogP contribution is -2.38. The molecule has 0 aromatic heterocycles. The van der Waals surface area contributed by atoms with Crippen LogP contribution in [-0.2, 0) is 4.74 Å². The zero-order valence-corrected chi connectivity index (χ0v) is 10.7. The summed E-state index contributed by atoms with van der Waals surface area (Å²) in [6.07, 6.45) is 9.78. The Morgan fingerprint density at radius 2 is 2.06 bits per heavy atom. The van der Waals surface area contributed by atoms with Gasteiger partial charge in [0.1, 0.15) is 0 Å². The first-order chi connectivity index (χ1) is 7.90. The molecule has 0 spiro atoms. The third kappa shape index (κ3) is 3.46. The van der Waals surface area contributed by atoms with Gasteiger partial charge in [-0.05, 0) is 37.6 Å². The van der Waals surface area contributed by atoms with E-state index in [1.54, 1.807) is 0 Å². The molecule has 1 saturated carbocycles. The smallest absolute Gasteiger partial charge is 0.0510 e. The molecule has 1 aliphatic carbocycles. The first kappa shape index (κ1) is 12.4. The summed E-state index contributed by atoms with van der Waals surface area (Å²) in [6, 6.07) is 0.727. The summed E-state index contributed by atoms with van der Waals surface area (Å²) in [4.78, 5) is 0. The van der Waals surface area contributed by atoms with Gasteiger partial charge in [-0.1, -0.05) is 32.6 Å². The van der Waals surface area contributed by atoms with Crippen LogP contribution in [0.15, 0.2) is 0 Å². The molecule has 2 fully saturated rings. The maximum atomic E-state index is 5.54. The minimum absolute atomic E-state index is 0.727. The minimum atomic E-state index is 0.727. The standard InChI is InChI=1S/C14H27NO/c1-2-8-15-14(13-7-9-16-11-13)10-12-5-3-4-6-12/h12-15H,2-11H2,1H3. The van der Waals surface area contributed by atoms with Crippen molar-refractivity contribution >= 4 is 0 Å². The maximum absolute atomic E-state index is 5.54. The van der Waals surface area contributed by atoms with Crippen LogP contribution in [0.5, 0.6) is 0 Å². The average molecular weight is 225 g/mol. The van der Waals surface area contributed by atoms with Crippen molar-refractivity contribution in [3.63, 3.8) is 0 Å². The molecule has 0 radical (unpaired) electrons. The summed E-state index contributed by atoms with van der Waals surface area (Å²) < 4.78 is 5.54. The molecular formula is C14H27NO. The van der Waals surface area contributed by atoms with E-state index in [2.05, 4.69) is 12.2 Å². The second-order valence-corrected chi connectivity index (χ2v) is 5.57. The van der Waals surface area contributed by atoms with E-state index in [-0.39, 0.29) is 0 Å². The summed E-state index contributed by atoms with van der Waals surface area (Å²) in [5.41, 5.74) is 0. The molecule has 16 heavy (non-hydrogen) atoms. The van der Waals surface area contributed by atoms with E-state index in [0.717, 1.165) is 31.1 Å². The van der Waals surface area contributed by atoms with Crippen LogP contribution in [0, 0.1) is 11.8 Å². The van der Waals surface area contributed by atoms with E-state index in [1.165, 1.54) is 51.5 Å². The number of rotatable bonds is 6. The Kier molecular flexibility index (Phi) is 5.11. The summed E-state index contributed by atoms with van der Waals surface area (Å²) in [5.74, 6) is 1.78. The van der Waals surface area contributed by atoms with Gasteiger partial charge in [-0.25, -0.2) is 0 Å². The van der Waals surface area contributed by atoms with Crippen molar-refractivity contribution in [3.8, 4) is 0 Å². The zero-order valence-electron chi connectivity index (χ0n) is 10.7. The van der Waals surface area contributed by atoms with E-state index in [0.29, 0.717) is 0 Å². The molecular weight excluding hydrogens is 198 g/mol. The lowest BCUT2D eigenvalue weighted by Gasteiger charge is -2.26. The van der Waals surface area contributed by atoms with Crippen LogP contribution < -0.4 is 5.32 Å². The fourth-order valence-electron chi connectivity index (χ4n) is 3.25. The Morgan fingerprint density at radius 3 is 2.69 bits per heavy atom. The predicted octanol–water partition coefficient (Wildman–Crippen LogP) is 2.97. The summed E-state index contributed by atoms with van der Waals surface area (Å²) in [5, 5.41) is 3.76. The first-order valence-electron chi connectivity index (χ1n) is 7.21. The molecule has 0 amide bonds. The van der Waals surface area contributed by atoms with Gasteiger partial charge in [0.05, 0.1) is 6.61 Å². The summed E-state index contributed by atoms with van der Waals surface area (Å²) in [6.45, 7) is 5.41. The molecule has 1 heterocycles. The fourth-order valence-corrected chi connectivity index (χ4v) is 3.25. The molecule has 2 unspecified atom stereocenters. The monoisotopic (exact) mass is 225 g/mol. The first-order valence-corrected chi connectivity index (χ1v) is 7.21. The van der Waals surface area contributed by atoms with Crippen molar-refractivity contribution in [1.29, 1.82) is 0 Å². The molecule has 0 bridgehead atoms. The van der Waals surface area contributed by atoms with Gasteiger partial charge in [0.25, 0.3) is 0 Å². The van der Waals surface area contributed by atoms with Crippen LogP contribution >= 0.6 is 0 Å². The van der Waals surface area contributed by atoms with Gasteiger partial charge in [-0.2, -0.15) is 0 Å². The SMILES string of the molecule is CCCNC(CC1CCCC1)C1CCOC1. The second kappa shape index (κ2) is 6.61. The molecule has 94 valence electrons. The van der Waals surface area contributed by atoms with Crippen LogP contribution in [0.4, 0.5) is 0 Å². The van der Waals surface area contributed by atoms with Crippen molar-refractivity contribution in [1.82, 2.24) is 5.32 Å². The van der Waals surface area contributed by atoms with Crippen LogP contribution in [0.1, 0.15) is 51.9 Å². The fraction of sp³-hybridized carbons (Fsp3) is 1.00. The quantitative estimate of drug-likeness (QED) is 0.750. The highest BCUT2D eigenvalue weighted by atomic mass is 16.5. The number of ether oxygens (including phenoxy) is 1. The van der Waals surface area contributed by atoms with Crippen LogP contribution in [0.2, 0.25) is 0 Å². The van der Waals surface area contributed by atoms with E-state index in [1.807, 2.05) is 0 Å². The van der Waals surface area contributed by atoms with Gasteiger partial charge >= 0.3 is 0 Å². The van der Waals surface area contributed by atoms with Crippen molar-refractivity contribution in [2.75, 3.05) is 19.8 Å². The van der Waals surface area contributed by atoms with E-state index >= 15 is 0 Å². The van der Waals surface area contributed by atoms with Gasteiger partial charge in [-0.3, -0.25) is 0 Å². The number of hydrogen-bond donors (Lipinski definition) is 1. The minimum Gasteiger partial charge on any atom is -0.381 e. The van der Waals surface area contributed by atoms with E-state index in [4.69, 9.17) is 4.74 Å². The molecule has 2 aliphatic rings. The second-order valence-electron chi connectivity index (χ2n) is 5.57. The molecule has 2 heteroatoms. The highest BCUT2D eigenvalue weighted by molar-refractivity contribution is 4.83. The largest absolute Gasteiger partial charge is 0.381 e. The van der Waals surface area contributed by atoms with Crippen LogP contribution in [0.3, 0.4) is 0 Å². The highest BCUT2D eigenvalue weighted by Crippen LogP contribution is 2.31. The lowest BCUT2D eigenvalue weighted by molar-refractivity contribution is 0.171. The topological polar surface area (TPSA) is 21.3 Å². The van der Waals surface area contributed by atoms with Gasteiger partial charge in [-0.15, -0.1) is 0 Å². The van der Waals surface area contributed by atoms with Crippen LogP contribution in [0.25, 0.3) is 0 Å². The Morgan fingerprint density at radius 1 is 1.25 bits per heavy atom. The number of hydrogen-bond acceptors (Lipinski definition) is 2. The molecule has 1 saturated heterocycles. The normalized spacial score (nSPS) is 28.7. The Bertz CT molecular complexity index is 183. The Balaban J connectivity index is 1.80. The predicted molar refractivity (Wildman–Crippen MR) is 67.6 cm³/mol. The molecule has 2 rings (SSSR count). The summed E-state index contributed by atoms with van der Waals surface area (Å²) in [7, 11) is 0. The molecule has 2 nitrogen and oxygen atoms in total.